The molecular formula is C21H16N4S. The van der Waals surface area contributed by atoms with Crippen molar-refractivity contribution in [3.05, 3.63) is 78.5 Å². The summed E-state index contributed by atoms with van der Waals surface area (Å²) >= 11 is 1.76. The van der Waals surface area contributed by atoms with E-state index in [-0.39, 0.29) is 0 Å². The first-order valence-electron chi connectivity index (χ1n) is 8.44. The SMILES string of the molecule is Cc1ccc(Nc2ccc3ncc(-c4cc5ccccc5s4)n3n2)cc1. The molecule has 2 aromatic carbocycles. The highest BCUT2D eigenvalue weighted by atomic mass is 32.1. The molecule has 0 radical (unpaired) electrons. The zero-order chi connectivity index (χ0) is 17.5. The van der Waals surface area contributed by atoms with Gasteiger partial charge in [0.2, 0.25) is 0 Å². The minimum atomic E-state index is 0.793. The Morgan fingerprint density at radius 1 is 0.962 bits per heavy atom. The fraction of sp³-hybridized carbons (Fsp3) is 0.0476. The van der Waals surface area contributed by atoms with Crippen molar-refractivity contribution < 1.29 is 0 Å². The van der Waals surface area contributed by atoms with E-state index in [1.807, 2.05) is 22.8 Å². The van der Waals surface area contributed by atoms with Gasteiger partial charge in [-0.25, -0.2) is 9.50 Å². The molecule has 0 aliphatic rings. The van der Waals surface area contributed by atoms with Gasteiger partial charge in [0.1, 0.15) is 5.69 Å². The first kappa shape index (κ1) is 15.1. The maximum Gasteiger partial charge on any atom is 0.154 e. The first-order valence-corrected chi connectivity index (χ1v) is 9.25. The number of rotatable bonds is 3. The van der Waals surface area contributed by atoms with Crippen molar-refractivity contribution in [1.82, 2.24) is 14.6 Å². The average Bonchev–Trinajstić information content (AvgIpc) is 3.26. The average molecular weight is 356 g/mol. The van der Waals surface area contributed by atoms with Crippen LogP contribution in [-0.2, 0) is 0 Å². The molecule has 5 rings (SSSR count). The van der Waals surface area contributed by atoms with Crippen LogP contribution in [0.5, 0.6) is 0 Å². The quantitative estimate of drug-likeness (QED) is 0.453. The predicted molar refractivity (Wildman–Crippen MR) is 108 cm³/mol. The molecule has 1 N–H and O–H groups in total. The largest absolute Gasteiger partial charge is 0.339 e. The standard InChI is InChI=1S/C21H16N4S/c1-14-6-8-16(9-7-14)23-20-10-11-21-22-13-17(25(21)24-20)19-12-15-4-2-3-5-18(15)26-19/h2-13H,1H3,(H,23,24). The maximum absolute atomic E-state index is 4.75. The molecule has 5 aromatic rings. The van der Waals surface area contributed by atoms with Crippen molar-refractivity contribution in [3.63, 3.8) is 0 Å². The van der Waals surface area contributed by atoms with Gasteiger partial charge in [-0.2, -0.15) is 0 Å². The van der Waals surface area contributed by atoms with Crippen LogP contribution in [0.1, 0.15) is 5.56 Å². The molecule has 126 valence electrons. The van der Waals surface area contributed by atoms with Crippen LogP contribution >= 0.6 is 11.3 Å². The van der Waals surface area contributed by atoms with Gasteiger partial charge in [-0.15, -0.1) is 16.4 Å². The summed E-state index contributed by atoms with van der Waals surface area (Å²) in [4.78, 5) is 5.67. The molecule has 0 unspecified atom stereocenters. The molecule has 0 amide bonds. The smallest absolute Gasteiger partial charge is 0.154 e. The molecule has 5 heteroatoms. The highest BCUT2D eigenvalue weighted by molar-refractivity contribution is 7.22. The predicted octanol–water partition coefficient (Wildman–Crippen LogP) is 5.66. The van der Waals surface area contributed by atoms with Crippen molar-refractivity contribution in [2.24, 2.45) is 0 Å². The zero-order valence-corrected chi connectivity index (χ0v) is 15.0. The second-order valence-corrected chi connectivity index (χ2v) is 7.36. The van der Waals surface area contributed by atoms with Gasteiger partial charge < -0.3 is 5.32 Å². The fourth-order valence-electron chi connectivity index (χ4n) is 3.00. The van der Waals surface area contributed by atoms with Gasteiger partial charge in [0.05, 0.1) is 11.1 Å². The topological polar surface area (TPSA) is 42.2 Å². The third-order valence-corrected chi connectivity index (χ3v) is 5.50. The molecule has 0 fully saturated rings. The van der Waals surface area contributed by atoms with Gasteiger partial charge in [-0.05, 0) is 48.7 Å². The van der Waals surface area contributed by atoms with E-state index in [2.05, 4.69) is 71.8 Å². The number of thiophene rings is 1. The summed E-state index contributed by atoms with van der Waals surface area (Å²) in [5.41, 5.74) is 4.10. The fourth-order valence-corrected chi connectivity index (χ4v) is 4.06. The molecule has 3 aromatic heterocycles. The molecular weight excluding hydrogens is 340 g/mol. The number of fused-ring (bicyclic) bond motifs is 2. The number of benzene rings is 2. The molecule has 0 bridgehead atoms. The highest BCUT2D eigenvalue weighted by Gasteiger charge is 2.11. The molecule has 0 saturated carbocycles. The number of hydrogen-bond acceptors (Lipinski definition) is 4. The lowest BCUT2D eigenvalue weighted by Gasteiger charge is -2.07. The lowest BCUT2D eigenvalue weighted by molar-refractivity contribution is 0.951. The van der Waals surface area contributed by atoms with Crippen LogP contribution in [0.15, 0.2) is 72.9 Å². The summed E-state index contributed by atoms with van der Waals surface area (Å²) in [6, 6.07) is 22.8. The summed E-state index contributed by atoms with van der Waals surface area (Å²) in [5.74, 6) is 0.793. The Morgan fingerprint density at radius 2 is 1.81 bits per heavy atom. The Bertz CT molecular complexity index is 1180. The van der Waals surface area contributed by atoms with Crippen LogP contribution in [0.25, 0.3) is 26.3 Å². The Hall–Kier alpha value is -3.18. The van der Waals surface area contributed by atoms with Gasteiger partial charge in [0.25, 0.3) is 0 Å². The lowest BCUT2D eigenvalue weighted by atomic mass is 10.2. The van der Waals surface area contributed by atoms with E-state index < -0.39 is 0 Å². The van der Waals surface area contributed by atoms with Crippen LogP contribution in [0.2, 0.25) is 0 Å². The number of anilines is 2. The van der Waals surface area contributed by atoms with Crippen molar-refractivity contribution in [3.8, 4) is 10.6 Å². The molecule has 4 nitrogen and oxygen atoms in total. The van der Waals surface area contributed by atoms with Gasteiger partial charge in [0.15, 0.2) is 11.5 Å². The number of nitrogens with one attached hydrogen (secondary N) is 1. The van der Waals surface area contributed by atoms with Crippen LogP contribution in [0.3, 0.4) is 0 Å². The van der Waals surface area contributed by atoms with Gasteiger partial charge in [-0.3, -0.25) is 0 Å². The van der Waals surface area contributed by atoms with Crippen LogP contribution in [0.4, 0.5) is 11.5 Å². The van der Waals surface area contributed by atoms with E-state index >= 15 is 0 Å². The second-order valence-electron chi connectivity index (χ2n) is 6.27. The second kappa shape index (κ2) is 5.97. The van der Waals surface area contributed by atoms with Crippen molar-refractivity contribution in [1.29, 1.82) is 0 Å². The Balaban J connectivity index is 1.57. The first-order chi connectivity index (χ1) is 12.8. The maximum atomic E-state index is 4.75. The number of nitrogens with zero attached hydrogens (tertiary/aromatic N) is 3. The van der Waals surface area contributed by atoms with Crippen molar-refractivity contribution in [2.45, 2.75) is 6.92 Å². The Kier molecular flexibility index (Phi) is 3.47. The summed E-state index contributed by atoms with van der Waals surface area (Å²) in [6.07, 6.45) is 1.89. The molecule has 3 heterocycles. The van der Waals surface area contributed by atoms with E-state index in [0.717, 1.165) is 22.8 Å². The third kappa shape index (κ3) is 2.62. The van der Waals surface area contributed by atoms with Crippen molar-refractivity contribution >= 4 is 38.6 Å². The monoisotopic (exact) mass is 356 g/mol. The Labute approximate surface area is 154 Å². The van der Waals surface area contributed by atoms with E-state index in [1.54, 1.807) is 11.3 Å². The highest BCUT2D eigenvalue weighted by Crippen LogP contribution is 2.33. The molecule has 0 saturated heterocycles. The van der Waals surface area contributed by atoms with E-state index in [1.165, 1.54) is 20.5 Å². The van der Waals surface area contributed by atoms with Crippen molar-refractivity contribution in [2.75, 3.05) is 5.32 Å². The molecule has 0 spiro atoms. The summed E-state index contributed by atoms with van der Waals surface area (Å²) in [5, 5.41) is 9.36. The number of imidazole rings is 1. The number of aryl methyl sites for hydroxylation is 1. The molecule has 0 atom stereocenters. The minimum absolute atomic E-state index is 0.793. The molecule has 26 heavy (non-hydrogen) atoms. The van der Waals surface area contributed by atoms with Crippen LogP contribution < -0.4 is 5.32 Å². The van der Waals surface area contributed by atoms with Crippen LogP contribution in [0, 0.1) is 6.92 Å². The third-order valence-electron chi connectivity index (χ3n) is 4.36. The summed E-state index contributed by atoms with van der Waals surface area (Å²) in [6.45, 7) is 2.08. The van der Waals surface area contributed by atoms with Gasteiger partial charge >= 0.3 is 0 Å². The summed E-state index contributed by atoms with van der Waals surface area (Å²) in [7, 11) is 0. The van der Waals surface area contributed by atoms with E-state index in [4.69, 9.17) is 5.10 Å². The number of hydrogen-bond donors (Lipinski definition) is 1. The lowest BCUT2D eigenvalue weighted by Crippen LogP contribution is -1.99. The molecule has 0 aliphatic carbocycles. The van der Waals surface area contributed by atoms with Gasteiger partial charge in [0, 0.05) is 10.4 Å². The van der Waals surface area contributed by atoms with E-state index in [0.29, 0.717) is 0 Å². The normalized spacial score (nSPS) is 11.3. The van der Waals surface area contributed by atoms with E-state index in [9.17, 15) is 0 Å². The van der Waals surface area contributed by atoms with Crippen LogP contribution in [-0.4, -0.2) is 14.6 Å². The number of aromatic nitrogens is 3. The zero-order valence-electron chi connectivity index (χ0n) is 14.2. The molecule has 0 aliphatic heterocycles. The van der Waals surface area contributed by atoms with Gasteiger partial charge in [-0.1, -0.05) is 35.9 Å². The minimum Gasteiger partial charge on any atom is -0.339 e. The Morgan fingerprint density at radius 3 is 2.65 bits per heavy atom. The summed E-state index contributed by atoms with van der Waals surface area (Å²) < 4.78 is 3.17.